The molecule has 1 unspecified atom stereocenters. The lowest BCUT2D eigenvalue weighted by Crippen LogP contribution is -2.47. The number of benzene rings is 1. The van der Waals surface area contributed by atoms with E-state index in [4.69, 9.17) is 9.84 Å². The van der Waals surface area contributed by atoms with Crippen LogP contribution >= 0.6 is 0 Å². The molecule has 1 aromatic rings. The van der Waals surface area contributed by atoms with Crippen molar-refractivity contribution in [3.63, 3.8) is 0 Å². The van der Waals surface area contributed by atoms with Gasteiger partial charge in [-0.1, -0.05) is 31.5 Å². The number of hydrogen-bond acceptors (Lipinski definition) is 4. The highest BCUT2D eigenvalue weighted by Gasteiger charge is 2.22. The van der Waals surface area contributed by atoms with Crippen molar-refractivity contribution in [3.05, 3.63) is 29.8 Å². The largest absolute Gasteiger partial charge is 0.481 e. The SMILES string of the molecule is Cc1ccc(OC(C)C(=O)NCC(=O)N[C@@H](CC(C)C)C(=O)O)cc1. The molecule has 0 aliphatic carbocycles. The highest BCUT2D eigenvalue weighted by Crippen LogP contribution is 2.13. The Morgan fingerprint density at radius 3 is 2.24 bits per heavy atom. The van der Waals surface area contributed by atoms with E-state index < -0.39 is 29.9 Å². The van der Waals surface area contributed by atoms with Gasteiger partial charge in [-0.2, -0.15) is 0 Å². The first-order chi connectivity index (χ1) is 11.7. The average molecular weight is 350 g/mol. The molecule has 0 aliphatic rings. The zero-order valence-corrected chi connectivity index (χ0v) is 15.0. The monoisotopic (exact) mass is 350 g/mol. The van der Waals surface area contributed by atoms with Gasteiger partial charge >= 0.3 is 5.97 Å². The minimum Gasteiger partial charge on any atom is -0.481 e. The van der Waals surface area contributed by atoms with Crippen LogP contribution in [0.4, 0.5) is 0 Å². The van der Waals surface area contributed by atoms with Crippen LogP contribution in [0.3, 0.4) is 0 Å². The number of carboxylic acid groups (broad SMARTS) is 1. The Morgan fingerprint density at radius 2 is 1.72 bits per heavy atom. The van der Waals surface area contributed by atoms with Crippen LogP contribution in [0.1, 0.15) is 32.8 Å². The van der Waals surface area contributed by atoms with Crippen LogP contribution in [0.2, 0.25) is 0 Å². The van der Waals surface area contributed by atoms with Crippen molar-refractivity contribution in [1.82, 2.24) is 10.6 Å². The third-order valence-electron chi connectivity index (χ3n) is 3.47. The van der Waals surface area contributed by atoms with Crippen LogP contribution in [0.5, 0.6) is 5.75 Å². The first kappa shape index (κ1) is 20.5. The summed E-state index contributed by atoms with van der Waals surface area (Å²) >= 11 is 0. The van der Waals surface area contributed by atoms with Crippen molar-refractivity contribution >= 4 is 17.8 Å². The molecule has 0 saturated carbocycles. The summed E-state index contributed by atoms with van der Waals surface area (Å²) in [6, 6.07) is 6.29. The maximum Gasteiger partial charge on any atom is 0.326 e. The first-order valence-electron chi connectivity index (χ1n) is 8.22. The number of carbonyl (C=O) groups excluding carboxylic acids is 2. The fraction of sp³-hybridized carbons (Fsp3) is 0.500. The Balaban J connectivity index is 2.44. The van der Waals surface area contributed by atoms with Gasteiger partial charge in [0.2, 0.25) is 5.91 Å². The van der Waals surface area contributed by atoms with Gasteiger partial charge in [0.15, 0.2) is 6.10 Å². The second-order valence-electron chi connectivity index (χ2n) is 6.38. The van der Waals surface area contributed by atoms with E-state index in [1.165, 1.54) is 0 Å². The molecular formula is C18H26N2O5. The Kier molecular flexibility index (Phi) is 7.91. The summed E-state index contributed by atoms with van der Waals surface area (Å²) in [5, 5.41) is 13.9. The molecule has 0 bridgehead atoms. The fourth-order valence-corrected chi connectivity index (χ4v) is 2.12. The first-order valence-corrected chi connectivity index (χ1v) is 8.22. The Bertz CT molecular complexity index is 598. The summed E-state index contributed by atoms with van der Waals surface area (Å²) in [7, 11) is 0. The van der Waals surface area contributed by atoms with E-state index in [0.717, 1.165) is 5.56 Å². The number of aryl methyl sites for hydroxylation is 1. The normalized spacial score (nSPS) is 13.0. The lowest BCUT2D eigenvalue weighted by molar-refractivity contribution is -0.142. The molecule has 1 aromatic carbocycles. The van der Waals surface area contributed by atoms with Gasteiger partial charge in [-0.05, 0) is 38.3 Å². The van der Waals surface area contributed by atoms with Crippen LogP contribution in [0, 0.1) is 12.8 Å². The van der Waals surface area contributed by atoms with Gasteiger partial charge in [-0.15, -0.1) is 0 Å². The third-order valence-corrected chi connectivity index (χ3v) is 3.47. The number of aliphatic carboxylic acids is 1. The van der Waals surface area contributed by atoms with E-state index in [0.29, 0.717) is 12.2 Å². The molecule has 0 radical (unpaired) electrons. The van der Waals surface area contributed by atoms with E-state index in [1.807, 2.05) is 32.9 Å². The predicted molar refractivity (Wildman–Crippen MR) is 93.3 cm³/mol. The minimum absolute atomic E-state index is 0.124. The highest BCUT2D eigenvalue weighted by atomic mass is 16.5. The van der Waals surface area contributed by atoms with Crippen LogP contribution in [-0.2, 0) is 14.4 Å². The molecule has 0 fully saturated rings. The molecule has 3 N–H and O–H groups in total. The molecule has 0 saturated heterocycles. The molecule has 2 amide bonds. The standard InChI is InChI=1S/C18H26N2O5/c1-11(2)9-15(18(23)24)20-16(21)10-19-17(22)13(4)25-14-7-5-12(3)6-8-14/h5-8,11,13,15H,9-10H2,1-4H3,(H,19,22)(H,20,21)(H,23,24)/t13?,15-/m0/s1. The van der Waals surface area contributed by atoms with E-state index in [-0.39, 0.29) is 12.5 Å². The van der Waals surface area contributed by atoms with Crippen molar-refractivity contribution in [3.8, 4) is 5.75 Å². The molecule has 7 nitrogen and oxygen atoms in total. The topological polar surface area (TPSA) is 105 Å². The van der Waals surface area contributed by atoms with Crippen molar-refractivity contribution in [2.45, 2.75) is 46.3 Å². The van der Waals surface area contributed by atoms with Gasteiger partial charge in [0.05, 0.1) is 6.54 Å². The van der Waals surface area contributed by atoms with E-state index in [9.17, 15) is 14.4 Å². The maximum absolute atomic E-state index is 12.0. The Hall–Kier alpha value is -2.57. The lowest BCUT2D eigenvalue weighted by Gasteiger charge is -2.18. The van der Waals surface area contributed by atoms with Crippen molar-refractivity contribution in [2.75, 3.05) is 6.54 Å². The zero-order valence-electron chi connectivity index (χ0n) is 15.0. The quantitative estimate of drug-likeness (QED) is 0.626. The minimum atomic E-state index is -1.09. The summed E-state index contributed by atoms with van der Waals surface area (Å²) in [4.78, 5) is 34.9. The third kappa shape index (κ3) is 7.69. The van der Waals surface area contributed by atoms with Crippen LogP contribution < -0.4 is 15.4 Å². The summed E-state index contributed by atoms with van der Waals surface area (Å²) < 4.78 is 5.50. The van der Waals surface area contributed by atoms with Crippen molar-refractivity contribution in [2.24, 2.45) is 5.92 Å². The molecule has 138 valence electrons. The van der Waals surface area contributed by atoms with Crippen molar-refractivity contribution < 1.29 is 24.2 Å². The molecular weight excluding hydrogens is 324 g/mol. The molecule has 0 heterocycles. The molecule has 0 spiro atoms. The molecule has 2 atom stereocenters. The molecule has 1 rings (SSSR count). The van der Waals surface area contributed by atoms with Gasteiger partial charge in [0.1, 0.15) is 11.8 Å². The maximum atomic E-state index is 12.0. The zero-order chi connectivity index (χ0) is 19.0. The van der Waals surface area contributed by atoms with E-state index in [1.54, 1.807) is 19.1 Å². The number of nitrogens with one attached hydrogen (secondary N) is 2. The summed E-state index contributed by atoms with van der Waals surface area (Å²) in [6.07, 6.45) is -0.455. The second kappa shape index (κ2) is 9.66. The van der Waals surface area contributed by atoms with Gasteiger partial charge in [-0.3, -0.25) is 9.59 Å². The van der Waals surface area contributed by atoms with Gasteiger partial charge in [-0.25, -0.2) is 4.79 Å². The highest BCUT2D eigenvalue weighted by molar-refractivity contribution is 5.89. The summed E-state index contributed by atoms with van der Waals surface area (Å²) in [5.74, 6) is -1.42. The number of amides is 2. The molecule has 0 aliphatic heterocycles. The second-order valence-corrected chi connectivity index (χ2v) is 6.38. The smallest absolute Gasteiger partial charge is 0.326 e. The number of carboxylic acids is 1. The van der Waals surface area contributed by atoms with Gasteiger partial charge in [0.25, 0.3) is 5.91 Å². The van der Waals surface area contributed by atoms with E-state index >= 15 is 0 Å². The summed E-state index contributed by atoms with van der Waals surface area (Å²) in [6.45, 7) is 6.96. The average Bonchev–Trinajstić information content (AvgIpc) is 2.53. The van der Waals surface area contributed by atoms with Crippen LogP contribution in [0.15, 0.2) is 24.3 Å². The molecule has 7 heteroatoms. The summed E-state index contributed by atoms with van der Waals surface area (Å²) in [5.41, 5.74) is 1.08. The Morgan fingerprint density at radius 1 is 1.12 bits per heavy atom. The molecule has 0 aromatic heterocycles. The van der Waals surface area contributed by atoms with Gasteiger partial charge in [0, 0.05) is 0 Å². The van der Waals surface area contributed by atoms with Crippen LogP contribution in [-0.4, -0.2) is 41.6 Å². The fourth-order valence-electron chi connectivity index (χ4n) is 2.12. The Labute approximate surface area is 147 Å². The van der Waals surface area contributed by atoms with Gasteiger partial charge < -0.3 is 20.5 Å². The number of ether oxygens (including phenoxy) is 1. The number of hydrogen-bond donors (Lipinski definition) is 3. The lowest BCUT2D eigenvalue weighted by atomic mass is 10.0. The molecule has 25 heavy (non-hydrogen) atoms. The number of rotatable bonds is 9. The van der Waals surface area contributed by atoms with E-state index in [2.05, 4.69) is 10.6 Å². The number of carbonyl (C=O) groups is 3. The van der Waals surface area contributed by atoms with Crippen molar-refractivity contribution in [1.29, 1.82) is 0 Å². The predicted octanol–water partition coefficient (Wildman–Crippen LogP) is 1.49. The van der Waals surface area contributed by atoms with Crippen LogP contribution in [0.25, 0.3) is 0 Å².